The van der Waals surface area contributed by atoms with Crippen LogP contribution in [0.2, 0.25) is 0 Å². The fraction of sp³-hybridized carbons (Fsp3) is 0.786. The highest BCUT2D eigenvalue weighted by Gasteiger charge is 2.48. The first-order valence-corrected chi connectivity index (χ1v) is 12.7. The summed E-state index contributed by atoms with van der Waals surface area (Å²) in [7, 11) is 1.70. The Kier molecular flexibility index (Phi) is 8.63. The highest BCUT2D eigenvalue weighted by molar-refractivity contribution is 5.28. The molecule has 4 atom stereocenters. The van der Waals surface area contributed by atoms with Gasteiger partial charge in [-0.1, -0.05) is 49.1 Å². The van der Waals surface area contributed by atoms with Gasteiger partial charge < -0.3 is 14.9 Å². The number of ether oxygens (including phenoxy) is 1. The number of hydrogen-bond acceptors (Lipinski definition) is 3. The van der Waals surface area contributed by atoms with Crippen LogP contribution in [0.15, 0.2) is 34.9 Å². The molecule has 0 spiro atoms. The summed E-state index contributed by atoms with van der Waals surface area (Å²) in [6.45, 7) is 7.00. The lowest BCUT2D eigenvalue weighted by Crippen LogP contribution is -2.33. The lowest BCUT2D eigenvalue weighted by Gasteiger charge is -2.42. The quantitative estimate of drug-likeness (QED) is 0.341. The number of fused-ring (bicyclic) bond motifs is 1. The van der Waals surface area contributed by atoms with Crippen LogP contribution in [-0.2, 0) is 4.74 Å². The SMILES string of the molecule is COC/C=C1\CC/C(=C/C=C2\CCCC3(C)C(CCCCC(C)(C)O)CCC23)CC1O. The van der Waals surface area contributed by atoms with Gasteiger partial charge in [-0.2, -0.15) is 0 Å². The Morgan fingerprint density at radius 3 is 2.61 bits per heavy atom. The van der Waals surface area contributed by atoms with Gasteiger partial charge in [-0.3, -0.25) is 0 Å². The van der Waals surface area contributed by atoms with Crippen LogP contribution in [0.4, 0.5) is 0 Å². The fourth-order valence-electron chi connectivity index (χ4n) is 6.53. The molecule has 4 unspecified atom stereocenters. The van der Waals surface area contributed by atoms with Gasteiger partial charge in [-0.05, 0) is 101 Å². The molecule has 3 rings (SSSR count). The van der Waals surface area contributed by atoms with E-state index in [1.54, 1.807) is 12.7 Å². The Balaban J connectivity index is 1.59. The number of hydrogen-bond donors (Lipinski definition) is 2. The second kappa shape index (κ2) is 10.8. The number of methoxy groups -OCH3 is 1. The summed E-state index contributed by atoms with van der Waals surface area (Å²) < 4.78 is 5.13. The molecule has 3 heteroatoms. The van der Waals surface area contributed by atoms with Gasteiger partial charge in [0.15, 0.2) is 0 Å². The first-order valence-electron chi connectivity index (χ1n) is 12.7. The average molecular weight is 431 g/mol. The van der Waals surface area contributed by atoms with Gasteiger partial charge in [-0.25, -0.2) is 0 Å². The summed E-state index contributed by atoms with van der Waals surface area (Å²) in [5.41, 5.74) is 4.13. The second-order valence-corrected chi connectivity index (χ2v) is 11.3. The topological polar surface area (TPSA) is 49.7 Å². The number of aliphatic hydroxyl groups excluding tert-OH is 1. The van der Waals surface area contributed by atoms with Crippen molar-refractivity contribution in [3.8, 4) is 0 Å². The van der Waals surface area contributed by atoms with Crippen molar-refractivity contribution in [1.82, 2.24) is 0 Å². The molecule has 3 saturated carbocycles. The molecule has 0 bridgehead atoms. The van der Waals surface area contributed by atoms with Crippen LogP contribution in [0.1, 0.15) is 97.8 Å². The largest absolute Gasteiger partial charge is 0.390 e. The molecule has 176 valence electrons. The third kappa shape index (κ3) is 6.55. The minimum absolute atomic E-state index is 0.343. The Hall–Kier alpha value is -0.900. The van der Waals surface area contributed by atoms with Crippen LogP contribution in [-0.4, -0.2) is 35.6 Å². The Labute approximate surface area is 190 Å². The van der Waals surface area contributed by atoms with Gasteiger partial charge in [0.25, 0.3) is 0 Å². The van der Waals surface area contributed by atoms with Crippen molar-refractivity contribution < 1.29 is 14.9 Å². The summed E-state index contributed by atoms with van der Waals surface area (Å²) in [5, 5.41) is 20.5. The molecule has 0 aromatic rings. The normalized spacial score (nSPS) is 35.8. The molecule has 0 saturated heterocycles. The van der Waals surface area contributed by atoms with E-state index in [1.807, 2.05) is 19.9 Å². The molecule has 2 N–H and O–H groups in total. The lowest BCUT2D eigenvalue weighted by molar-refractivity contribution is 0.0660. The molecule has 0 amide bonds. The van der Waals surface area contributed by atoms with Gasteiger partial charge in [0.2, 0.25) is 0 Å². The molecular formula is C28H46O3. The zero-order valence-electron chi connectivity index (χ0n) is 20.5. The van der Waals surface area contributed by atoms with Crippen molar-refractivity contribution in [2.24, 2.45) is 17.3 Å². The van der Waals surface area contributed by atoms with Crippen LogP contribution < -0.4 is 0 Å². The molecule has 3 aliphatic rings. The smallest absolute Gasteiger partial charge is 0.0788 e. The van der Waals surface area contributed by atoms with Crippen molar-refractivity contribution in [2.45, 2.75) is 110 Å². The van der Waals surface area contributed by atoms with Crippen LogP contribution in [0.25, 0.3) is 0 Å². The number of unbranched alkanes of at least 4 members (excludes halogenated alkanes) is 1. The van der Waals surface area contributed by atoms with E-state index in [1.165, 1.54) is 50.5 Å². The maximum absolute atomic E-state index is 10.5. The molecule has 0 aliphatic heterocycles. The van der Waals surface area contributed by atoms with E-state index in [2.05, 4.69) is 19.1 Å². The van der Waals surface area contributed by atoms with E-state index in [-0.39, 0.29) is 6.10 Å². The summed E-state index contributed by atoms with van der Waals surface area (Å²) in [6.07, 6.45) is 20.5. The molecular weight excluding hydrogens is 384 g/mol. The van der Waals surface area contributed by atoms with Crippen molar-refractivity contribution >= 4 is 0 Å². The number of allylic oxidation sites excluding steroid dienone is 3. The van der Waals surface area contributed by atoms with E-state index in [4.69, 9.17) is 4.74 Å². The summed E-state index contributed by atoms with van der Waals surface area (Å²) >= 11 is 0. The molecule has 0 aromatic carbocycles. The molecule has 0 aromatic heterocycles. The van der Waals surface area contributed by atoms with Crippen molar-refractivity contribution in [3.05, 3.63) is 34.9 Å². The first kappa shape index (κ1) is 24.7. The first-order chi connectivity index (χ1) is 14.7. The van der Waals surface area contributed by atoms with Crippen LogP contribution in [0.3, 0.4) is 0 Å². The Bertz CT molecular complexity index is 681. The maximum atomic E-state index is 10.5. The Morgan fingerprint density at radius 2 is 1.90 bits per heavy atom. The molecule has 3 aliphatic carbocycles. The van der Waals surface area contributed by atoms with E-state index < -0.39 is 5.60 Å². The highest BCUT2D eigenvalue weighted by atomic mass is 16.5. The predicted octanol–water partition coefficient (Wildman–Crippen LogP) is 6.50. The van der Waals surface area contributed by atoms with Crippen LogP contribution in [0, 0.1) is 17.3 Å². The van der Waals surface area contributed by atoms with Gasteiger partial charge in [0.05, 0.1) is 18.3 Å². The Morgan fingerprint density at radius 1 is 1.10 bits per heavy atom. The second-order valence-electron chi connectivity index (χ2n) is 11.3. The zero-order valence-corrected chi connectivity index (χ0v) is 20.5. The fourth-order valence-corrected chi connectivity index (χ4v) is 6.53. The predicted molar refractivity (Wildman–Crippen MR) is 129 cm³/mol. The molecule has 0 heterocycles. The number of aliphatic hydroxyl groups is 2. The van der Waals surface area contributed by atoms with Gasteiger partial charge in [0.1, 0.15) is 0 Å². The van der Waals surface area contributed by atoms with E-state index >= 15 is 0 Å². The summed E-state index contributed by atoms with van der Waals surface area (Å²) in [5.74, 6) is 1.57. The van der Waals surface area contributed by atoms with Gasteiger partial charge in [0, 0.05) is 7.11 Å². The monoisotopic (exact) mass is 430 g/mol. The van der Waals surface area contributed by atoms with Crippen LogP contribution in [0.5, 0.6) is 0 Å². The summed E-state index contributed by atoms with van der Waals surface area (Å²) in [6, 6.07) is 0. The molecule has 0 radical (unpaired) electrons. The van der Waals surface area contributed by atoms with Crippen LogP contribution >= 0.6 is 0 Å². The minimum Gasteiger partial charge on any atom is -0.390 e. The highest BCUT2D eigenvalue weighted by Crippen LogP contribution is 2.58. The standard InChI is InChI=1S/C28H46O3/c1-27(2,30)17-6-5-9-24-14-15-25-22(8-7-18-28(24,25)3)12-10-21-11-13-23(16-19-31-4)26(29)20-21/h10,12,16,24-26,29-30H,5-9,11,13-15,17-20H2,1-4H3/b21-10-,22-12+,23-16+. The van der Waals surface area contributed by atoms with E-state index in [0.29, 0.717) is 12.0 Å². The maximum Gasteiger partial charge on any atom is 0.0788 e. The van der Waals surface area contributed by atoms with E-state index in [9.17, 15) is 10.2 Å². The molecule has 3 fully saturated rings. The van der Waals surface area contributed by atoms with Gasteiger partial charge >= 0.3 is 0 Å². The molecule has 31 heavy (non-hydrogen) atoms. The lowest BCUT2D eigenvalue weighted by atomic mass is 9.62. The van der Waals surface area contributed by atoms with Gasteiger partial charge in [-0.15, -0.1) is 0 Å². The average Bonchev–Trinajstić information content (AvgIpc) is 3.05. The van der Waals surface area contributed by atoms with Crippen molar-refractivity contribution in [1.29, 1.82) is 0 Å². The number of rotatable bonds is 8. The summed E-state index contributed by atoms with van der Waals surface area (Å²) in [4.78, 5) is 0. The zero-order chi connectivity index (χ0) is 22.5. The van der Waals surface area contributed by atoms with Crippen molar-refractivity contribution in [2.75, 3.05) is 13.7 Å². The molecule has 3 nitrogen and oxygen atoms in total. The van der Waals surface area contributed by atoms with Crippen molar-refractivity contribution in [3.63, 3.8) is 0 Å². The third-order valence-electron chi connectivity index (χ3n) is 8.42. The third-order valence-corrected chi connectivity index (χ3v) is 8.42. The minimum atomic E-state index is -0.524. The van der Waals surface area contributed by atoms with E-state index in [0.717, 1.165) is 49.5 Å².